The Bertz CT molecular complexity index is 1160. The van der Waals surface area contributed by atoms with Gasteiger partial charge in [0, 0.05) is 6.07 Å². The van der Waals surface area contributed by atoms with Gasteiger partial charge in [-0.2, -0.15) is 0 Å². The number of aldehydes is 1. The van der Waals surface area contributed by atoms with Gasteiger partial charge in [-0.15, -0.1) is 5.48 Å². The fourth-order valence-corrected chi connectivity index (χ4v) is 3.28. The van der Waals surface area contributed by atoms with Crippen molar-refractivity contribution in [3.05, 3.63) is 56.1 Å². The second-order valence-corrected chi connectivity index (χ2v) is 7.12. The zero-order chi connectivity index (χ0) is 21.7. The highest BCUT2D eigenvalue weighted by Crippen LogP contribution is 2.39. The van der Waals surface area contributed by atoms with Gasteiger partial charge in [0.1, 0.15) is 23.9 Å². The van der Waals surface area contributed by atoms with Crippen molar-refractivity contribution < 1.29 is 28.3 Å². The van der Waals surface area contributed by atoms with Gasteiger partial charge in [-0.3, -0.25) is 9.59 Å². The molecule has 2 aromatic carbocycles. The second kappa shape index (κ2) is 9.75. The van der Waals surface area contributed by atoms with Crippen LogP contribution in [-0.4, -0.2) is 32.5 Å². The molecule has 0 saturated heterocycles. The minimum Gasteiger partial charge on any atom is -0.496 e. The predicted octanol–water partition coefficient (Wildman–Crippen LogP) is 3.51. The normalized spacial score (nSPS) is 10.6. The molecule has 0 aliphatic rings. The number of hydrogen-bond donors (Lipinski definition) is 1. The second-order valence-electron chi connectivity index (χ2n) is 5.86. The number of halogens is 2. The van der Waals surface area contributed by atoms with Crippen LogP contribution >= 0.6 is 27.5 Å². The molecule has 0 aliphatic carbocycles. The maximum absolute atomic E-state index is 12.5. The zero-order valence-electron chi connectivity index (χ0n) is 15.6. The Kier molecular flexibility index (Phi) is 7.09. The highest BCUT2D eigenvalue weighted by molar-refractivity contribution is 9.10. The number of ether oxygens (including phenoxy) is 2. The summed E-state index contributed by atoms with van der Waals surface area (Å²) in [7, 11) is 1.49. The first-order valence-electron chi connectivity index (χ1n) is 8.56. The van der Waals surface area contributed by atoms with Gasteiger partial charge in [0.15, 0.2) is 11.0 Å². The lowest BCUT2D eigenvalue weighted by Gasteiger charge is -2.14. The molecule has 0 bridgehead atoms. The summed E-state index contributed by atoms with van der Waals surface area (Å²) in [5.41, 5.74) is 2.82. The average Bonchev–Trinajstić information content (AvgIpc) is 2.74. The van der Waals surface area contributed by atoms with E-state index in [-0.39, 0.29) is 36.2 Å². The zero-order valence-corrected chi connectivity index (χ0v) is 17.9. The van der Waals surface area contributed by atoms with E-state index >= 15 is 0 Å². The number of carbonyl (C=O) groups is 2. The molecule has 1 heterocycles. The summed E-state index contributed by atoms with van der Waals surface area (Å²) in [6, 6.07) is 9.61. The van der Waals surface area contributed by atoms with E-state index in [2.05, 4.69) is 26.2 Å². The van der Waals surface area contributed by atoms with Gasteiger partial charge in [-0.1, -0.05) is 17.7 Å². The molecule has 3 rings (SSSR count). The number of benzene rings is 2. The monoisotopic (exact) mass is 495 g/mol. The first kappa shape index (κ1) is 21.8. The molecule has 156 valence electrons. The molecule has 1 N–H and O–H groups in total. The number of fused-ring (bicyclic) bond motifs is 1. The molecule has 0 radical (unpaired) electrons. The first-order chi connectivity index (χ1) is 14.4. The highest BCUT2D eigenvalue weighted by Gasteiger charge is 2.17. The summed E-state index contributed by atoms with van der Waals surface area (Å²) in [6.07, 6.45) is 0.0454. The summed E-state index contributed by atoms with van der Waals surface area (Å²) in [4.78, 5) is 37.9. The lowest BCUT2D eigenvalue weighted by molar-refractivity contribution is -0.154. The molecule has 0 unspecified atom stereocenters. The molecule has 0 amide bonds. The molecule has 0 fully saturated rings. The number of para-hydroxylation sites is 1. The van der Waals surface area contributed by atoms with Crippen molar-refractivity contribution in [2.24, 2.45) is 0 Å². The maximum Gasteiger partial charge on any atom is 0.389 e. The Morgan fingerprint density at radius 1 is 1.27 bits per heavy atom. The highest BCUT2D eigenvalue weighted by atomic mass is 79.9. The van der Waals surface area contributed by atoms with Crippen molar-refractivity contribution in [1.29, 1.82) is 0 Å². The Labute approximate surface area is 183 Å². The van der Waals surface area contributed by atoms with Crippen molar-refractivity contribution in [3.8, 4) is 22.8 Å². The SMILES string of the molecule is COc1cc(Br)c(OCCNOC(=O)C=O)cc1-c1cc(=O)c2cccc(Cl)c2o1. The van der Waals surface area contributed by atoms with E-state index < -0.39 is 5.97 Å². The minimum absolute atomic E-state index is 0.0454. The molecule has 3 aromatic rings. The molecular weight excluding hydrogens is 482 g/mol. The number of nitrogens with one attached hydrogen (secondary N) is 1. The molecule has 0 atom stereocenters. The quantitative estimate of drug-likeness (QED) is 0.219. The summed E-state index contributed by atoms with van der Waals surface area (Å²) in [6.45, 7) is 0.248. The Morgan fingerprint density at radius 2 is 2.07 bits per heavy atom. The number of carbonyl (C=O) groups excluding carboxylic acids is 2. The molecular formula is C20H15BrClNO7. The summed E-state index contributed by atoms with van der Waals surface area (Å²) in [5, 5.41) is 0.685. The fourth-order valence-electron chi connectivity index (χ4n) is 2.63. The third-order valence-electron chi connectivity index (χ3n) is 3.96. The van der Waals surface area contributed by atoms with Gasteiger partial charge in [0.25, 0.3) is 0 Å². The van der Waals surface area contributed by atoms with E-state index in [0.29, 0.717) is 31.9 Å². The lowest BCUT2D eigenvalue weighted by atomic mass is 10.1. The third kappa shape index (κ3) is 4.81. The average molecular weight is 497 g/mol. The summed E-state index contributed by atoms with van der Waals surface area (Å²) < 4.78 is 17.6. The van der Waals surface area contributed by atoms with E-state index in [9.17, 15) is 14.4 Å². The van der Waals surface area contributed by atoms with Crippen LogP contribution in [0.5, 0.6) is 11.5 Å². The van der Waals surface area contributed by atoms with Crippen molar-refractivity contribution in [1.82, 2.24) is 5.48 Å². The van der Waals surface area contributed by atoms with Crippen LogP contribution in [0.2, 0.25) is 5.02 Å². The Morgan fingerprint density at radius 3 is 2.80 bits per heavy atom. The molecule has 0 saturated carbocycles. The van der Waals surface area contributed by atoms with E-state index in [0.717, 1.165) is 0 Å². The van der Waals surface area contributed by atoms with E-state index in [1.54, 1.807) is 30.3 Å². The van der Waals surface area contributed by atoms with Crippen molar-refractivity contribution in [2.45, 2.75) is 0 Å². The van der Waals surface area contributed by atoms with E-state index in [4.69, 9.17) is 25.5 Å². The van der Waals surface area contributed by atoms with Crippen LogP contribution < -0.4 is 20.4 Å². The van der Waals surface area contributed by atoms with Crippen LogP contribution in [0.25, 0.3) is 22.3 Å². The van der Waals surface area contributed by atoms with Crippen LogP contribution in [0, 0.1) is 0 Å². The van der Waals surface area contributed by atoms with Crippen LogP contribution in [0.3, 0.4) is 0 Å². The lowest BCUT2D eigenvalue weighted by Crippen LogP contribution is -2.25. The van der Waals surface area contributed by atoms with Gasteiger partial charge < -0.3 is 18.7 Å². The first-order valence-corrected chi connectivity index (χ1v) is 9.73. The van der Waals surface area contributed by atoms with Gasteiger partial charge in [0.2, 0.25) is 6.29 Å². The largest absolute Gasteiger partial charge is 0.496 e. The number of hydroxylamine groups is 1. The van der Waals surface area contributed by atoms with Gasteiger partial charge in [-0.25, -0.2) is 4.79 Å². The minimum atomic E-state index is -1.03. The summed E-state index contributed by atoms with van der Waals surface area (Å²) >= 11 is 9.58. The third-order valence-corrected chi connectivity index (χ3v) is 4.87. The summed E-state index contributed by atoms with van der Waals surface area (Å²) in [5.74, 6) is 0.0961. The van der Waals surface area contributed by atoms with Crippen LogP contribution in [0.1, 0.15) is 0 Å². The van der Waals surface area contributed by atoms with E-state index in [1.165, 1.54) is 13.2 Å². The number of rotatable bonds is 8. The predicted molar refractivity (Wildman–Crippen MR) is 113 cm³/mol. The van der Waals surface area contributed by atoms with Crippen molar-refractivity contribution >= 4 is 50.8 Å². The van der Waals surface area contributed by atoms with Crippen molar-refractivity contribution in [3.63, 3.8) is 0 Å². The van der Waals surface area contributed by atoms with Crippen molar-refractivity contribution in [2.75, 3.05) is 20.3 Å². The Balaban J connectivity index is 1.91. The maximum atomic E-state index is 12.5. The molecule has 8 nitrogen and oxygen atoms in total. The molecule has 0 spiro atoms. The molecule has 10 heteroatoms. The van der Waals surface area contributed by atoms with Gasteiger partial charge >= 0.3 is 5.97 Å². The topological polar surface area (TPSA) is 104 Å². The Hall–Kier alpha value is -2.88. The number of hydrogen-bond acceptors (Lipinski definition) is 8. The van der Waals surface area contributed by atoms with Gasteiger partial charge in [-0.05, 0) is 40.2 Å². The molecule has 1 aromatic heterocycles. The molecule has 0 aliphatic heterocycles. The number of methoxy groups -OCH3 is 1. The van der Waals surface area contributed by atoms with Crippen LogP contribution in [-0.2, 0) is 14.4 Å². The van der Waals surface area contributed by atoms with E-state index in [1.807, 2.05) is 0 Å². The van der Waals surface area contributed by atoms with Gasteiger partial charge in [0.05, 0.1) is 34.1 Å². The smallest absolute Gasteiger partial charge is 0.389 e. The fraction of sp³-hybridized carbons (Fsp3) is 0.150. The van der Waals surface area contributed by atoms with Crippen LogP contribution in [0.4, 0.5) is 0 Å². The van der Waals surface area contributed by atoms with Crippen LogP contribution in [0.15, 0.2) is 50.1 Å². The standard InChI is InChI=1S/C20H15BrClNO7/c1-27-16-8-13(21)18(28-6-5-23-30-19(26)10-24)7-12(16)17-9-15(25)11-3-2-4-14(22)20(11)29-17/h2-4,7-10,23H,5-6H2,1H3. The molecule has 30 heavy (non-hydrogen) atoms.